The highest BCUT2D eigenvalue weighted by molar-refractivity contribution is 6.42. The predicted molar refractivity (Wildman–Crippen MR) is 139 cm³/mol. The number of halogens is 2. The van der Waals surface area contributed by atoms with Crippen molar-refractivity contribution in [3.63, 3.8) is 0 Å². The van der Waals surface area contributed by atoms with Gasteiger partial charge >= 0.3 is 0 Å². The number of hydrogen-bond acceptors (Lipinski definition) is 2. The zero-order valence-corrected chi connectivity index (χ0v) is 21.3. The third-order valence-electron chi connectivity index (χ3n) is 5.60. The summed E-state index contributed by atoms with van der Waals surface area (Å²) in [4.78, 5) is 28.6. The molecule has 3 aromatic rings. The summed E-state index contributed by atoms with van der Waals surface area (Å²) in [6, 6.07) is 20.5. The summed E-state index contributed by atoms with van der Waals surface area (Å²) in [5.74, 6) is -0.302. The fourth-order valence-corrected chi connectivity index (χ4v) is 4.45. The summed E-state index contributed by atoms with van der Waals surface area (Å²) in [7, 11) is 0. The van der Waals surface area contributed by atoms with Crippen molar-refractivity contribution in [1.82, 2.24) is 10.2 Å². The van der Waals surface area contributed by atoms with Crippen LogP contribution in [0, 0.1) is 13.8 Å². The van der Waals surface area contributed by atoms with Crippen LogP contribution in [0.5, 0.6) is 0 Å². The van der Waals surface area contributed by atoms with Crippen LogP contribution in [0.1, 0.15) is 34.7 Å². The maximum Gasteiger partial charge on any atom is 0.243 e. The Morgan fingerprint density at radius 3 is 2.15 bits per heavy atom. The minimum atomic E-state index is -0.671. The highest BCUT2D eigenvalue weighted by atomic mass is 35.5. The van der Waals surface area contributed by atoms with Crippen molar-refractivity contribution in [2.45, 2.75) is 46.2 Å². The predicted octanol–water partition coefficient (Wildman–Crippen LogP) is 5.93. The van der Waals surface area contributed by atoms with Gasteiger partial charge in [0.2, 0.25) is 11.8 Å². The van der Waals surface area contributed by atoms with Crippen LogP contribution in [-0.4, -0.2) is 29.3 Å². The Morgan fingerprint density at radius 2 is 1.53 bits per heavy atom. The standard InChI is InChI=1S/C28H30Cl2N2O2/c1-4-31-28(34)26(16-21-8-6-5-7-9-21)32(18-22-10-11-24(29)25(30)15-22)27(33)17-23-13-19(2)12-20(3)14-23/h5-15,26H,4,16-18H2,1-3H3,(H,31,34)/t26-/m0/s1. The van der Waals surface area contributed by atoms with Crippen molar-refractivity contribution >= 4 is 35.0 Å². The molecule has 0 aliphatic carbocycles. The van der Waals surface area contributed by atoms with Crippen molar-refractivity contribution in [2.24, 2.45) is 0 Å². The summed E-state index contributed by atoms with van der Waals surface area (Å²) >= 11 is 12.4. The van der Waals surface area contributed by atoms with Gasteiger partial charge in [-0.15, -0.1) is 0 Å². The number of aryl methyl sites for hydroxylation is 2. The Balaban J connectivity index is 1.99. The van der Waals surface area contributed by atoms with Crippen LogP contribution in [-0.2, 0) is 29.0 Å². The second-order valence-electron chi connectivity index (χ2n) is 8.54. The highest BCUT2D eigenvalue weighted by Crippen LogP contribution is 2.25. The number of nitrogens with one attached hydrogen (secondary N) is 1. The number of benzene rings is 3. The van der Waals surface area contributed by atoms with Crippen molar-refractivity contribution in [1.29, 1.82) is 0 Å². The van der Waals surface area contributed by atoms with Gasteiger partial charge in [0.15, 0.2) is 0 Å². The molecule has 178 valence electrons. The second-order valence-corrected chi connectivity index (χ2v) is 9.36. The molecule has 0 aliphatic rings. The molecular weight excluding hydrogens is 467 g/mol. The van der Waals surface area contributed by atoms with Gasteiger partial charge in [-0.1, -0.05) is 88.9 Å². The van der Waals surface area contributed by atoms with E-state index in [0.29, 0.717) is 23.0 Å². The van der Waals surface area contributed by atoms with E-state index >= 15 is 0 Å². The summed E-state index contributed by atoms with van der Waals surface area (Å²) < 4.78 is 0. The molecule has 1 atom stereocenters. The van der Waals surface area contributed by atoms with Crippen LogP contribution in [0.15, 0.2) is 66.7 Å². The van der Waals surface area contributed by atoms with Crippen LogP contribution in [0.3, 0.4) is 0 Å². The van der Waals surface area contributed by atoms with Gasteiger partial charge in [-0.25, -0.2) is 0 Å². The van der Waals surface area contributed by atoms with E-state index in [1.165, 1.54) is 0 Å². The molecule has 0 heterocycles. The van der Waals surface area contributed by atoms with E-state index in [1.54, 1.807) is 17.0 Å². The molecule has 6 heteroatoms. The van der Waals surface area contributed by atoms with E-state index in [0.717, 1.165) is 27.8 Å². The molecule has 0 aromatic heterocycles. The normalized spacial score (nSPS) is 11.7. The first kappa shape index (κ1) is 25.8. The second kappa shape index (κ2) is 12.0. The molecule has 0 spiro atoms. The van der Waals surface area contributed by atoms with Crippen LogP contribution >= 0.6 is 23.2 Å². The maximum absolute atomic E-state index is 13.7. The van der Waals surface area contributed by atoms with Gasteiger partial charge in [-0.3, -0.25) is 9.59 Å². The minimum Gasteiger partial charge on any atom is -0.355 e. The molecule has 0 saturated carbocycles. The van der Waals surface area contributed by atoms with Crippen LogP contribution < -0.4 is 5.32 Å². The molecule has 34 heavy (non-hydrogen) atoms. The van der Waals surface area contributed by atoms with Crippen molar-refractivity contribution < 1.29 is 9.59 Å². The highest BCUT2D eigenvalue weighted by Gasteiger charge is 2.30. The first-order valence-corrected chi connectivity index (χ1v) is 12.1. The van der Waals surface area contributed by atoms with E-state index in [2.05, 4.69) is 11.4 Å². The number of rotatable bonds is 9. The van der Waals surface area contributed by atoms with Gasteiger partial charge in [0.05, 0.1) is 16.5 Å². The number of likely N-dealkylation sites (N-methyl/N-ethyl adjacent to an activating group) is 1. The first-order chi connectivity index (χ1) is 16.3. The Kier molecular flexibility index (Phi) is 9.14. The van der Waals surface area contributed by atoms with E-state index in [9.17, 15) is 9.59 Å². The Hall–Kier alpha value is -2.82. The van der Waals surface area contributed by atoms with E-state index in [4.69, 9.17) is 23.2 Å². The number of amides is 2. The molecule has 2 amide bonds. The number of carbonyl (C=O) groups is 2. The zero-order chi connectivity index (χ0) is 24.7. The quantitative estimate of drug-likeness (QED) is 0.399. The third-order valence-corrected chi connectivity index (χ3v) is 6.33. The summed E-state index contributed by atoms with van der Waals surface area (Å²) in [6.07, 6.45) is 0.612. The summed E-state index contributed by atoms with van der Waals surface area (Å²) in [5, 5.41) is 3.77. The lowest BCUT2D eigenvalue weighted by molar-refractivity contribution is -0.140. The zero-order valence-electron chi connectivity index (χ0n) is 19.8. The molecule has 0 radical (unpaired) electrons. The Labute approximate surface area is 211 Å². The number of carbonyl (C=O) groups excluding carboxylic acids is 2. The molecule has 1 N–H and O–H groups in total. The van der Waals surface area contributed by atoms with Gasteiger partial charge in [-0.05, 0) is 49.6 Å². The minimum absolute atomic E-state index is 0.122. The van der Waals surface area contributed by atoms with Crippen LogP contribution in [0.25, 0.3) is 0 Å². The molecule has 0 bridgehead atoms. The molecule has 0 fully saturated rings. The van der Waals surface area contributed by atoms with Crippen molar-refractivity contribution in [3.05, 3.63) is 105 Å². The van der Waals surface area contributed by atoms with E-state index in [1.807, 2.05) is 69.3 Å². The largest absolute Gasteiger partial charge is 0.355 e. The average molecular weight is 497 g/mol. The van der Waals surface area contributed by atoms with E-state index < -0.39 is 6.04 Å². The Morgan fingerprint density at radius 1 is 0.853 bits per heavy atom. The first-order valence-electron chi connectivity index (χ1n) is 11.4. The van der Waals surface area contributed by atoms with Gasteiger partial charge in [-0.2, -0.15) is 0 Å². The molecule has 0 unspecified atom stereocenters. The lowest BCUT2D eigenvalue weighted by Gasteiger charge is -2.31. The molecule has 3 aromatic carbocycles. The number of hydrogen-bond donors (Lipinski definition) is 1. The van der Waals surface area contributed by atoms with Crippen LogP contribution in [0.4, 0.5) is 0 Å². The Bertz CT molecular complexity index is 1130. The van der Waals surface area contributed by atoms with Crippen molar-refractivity contribution in [3.8, 4) is 0 Å². The molecule has 0 aliphatic heterocycles. The fourth-order valence-electron chi connectivity index (χ4n) is 4.13. The molecule has 4 nitrogen and oxygen atoms in total. The lowest BCUT2D eigenvalue weighted by atomic mass is 10.0. The monoisotopic (exact) mass is 496 g/mol. The van der Waals surface area contributed by atoms with Crippen LogP contribution in [0.2, 0.25) is 10.0 Å². The van der Waals surface area contributed by atoms with Crippen molar-refractivity contribution in [2.75, 3.05) is 6.54 Å². The average Bonchev–Trinajstić information content (AvgIpc) is 2.78. The third kappa shape index (κ3) is 7.09. The summed E-state index contributed by atoms with van der Waals surface area (Å²) in [5.41, 5.74) is 4.92. The van der Waals surface area contributed by atoms with Gasteiger partial charge in [0, 0.05) is 19.5 Å². The SMILES string of the molecule is CCNC(=O)[C@H](Cc1ccccc1)N(Cc1ccc(Cl)c(Cl)c1)C(=O)Cc1cc(C)cc(C)c1. The molecule has 3 rings (SSSR count). The lowest BCUT2D eigenvalue weighted by Crippen LogP contribution is -2.50. The maximum atomic E-state index is 13.7. The smallest absolute Gasteiger partial charge is 0.243 e. The summed E-state index contributed by atoms with van der Waals surface area (Å²) in [6.45, 7) is 6.63. The molecular formula is C28H30Cl2N2O2. The topological polar surface area (TPSA) is 49.4 Å². The fraction of sp³-hybridized carbons (Fsp3) is 0.286. The van der Waals surface area contributed by atoms with E-state index in [-0.39, 0.29) is 24.8 Å². The van der Waals surface area contributed by atoms with Gasteiger partial charge < -0.3 is 10.2 Å². The number of nitrogens with zero attached hydrogens (tertiary/aromatic N) is 1. The van der Waals surface area contributed by atoms with Gasteiger partial charge in [0.25, 0.3) is 0 Å². The van der Waals surface area contributed by atoms with Gasteiger partial charge in [0.1, 0.15) is 6.04 Å². The molecule has 0 saturated heterocycles.